The molecule has 0 atom stereocenters. The Morgan fingerprint density at radius 1 is 0.878 bits per heavy atom. The lowest BCUT2D eigenvalue weighted by molar-refractivity contribution is -0.282. The summed E-state index contributed by atoms with van der Waals surface area (Å²) in [6, 6.07) is 10.1. The summed E-state index contributed by atoms with van der Waals surface area (Å²) in [5.74, 6) is -0.345. The summed E-state index contributed by atoms with van der Waals surface area (Å²) >= 11 is 0. The average Bonchev–Trinajstić information content (AvgIpc) is 2.93. The molecule has 2 aromatic carbocycles. The van der Waals surface area contributed by atoms with Crippen LogP contribution in [-0.4, -0.2) is 43.1 Å². The van der Waals surface area contributed by atoms with Crippen LogP contribution in [0.1, 0.15) is 94.6 Å². The number of hydrogen-bond donors (Lipinski definition) is 0. The van der Waals surface area contributed by atoms with Gasteiger partial charge in [0.05, 0.1) is 26.9 Å². The van der Waals surface area contributed by atoms with Gasteiger partial charge in [-0.1, -0.05) is 36.4 Å². The van der Waals surface area contributed by atoms with E-state index >= 15 is 4.39 Å². The number of halogens is 2. The molecule has 0 unspecified atom stereocenters. The molecule has 0 amide bonds. The highest BCUT2D eigenvalue weighted by atomic mass is 19.1. The first-order chi connectivity index (χ1) is 19.6. The number of hydroxylamine groups is 2. The summed E-state index contributed by atoms with van der Waals surface area (Å²) in [5, 5.41) is 2.12. The fraction of sp³-hybridized carbons (Fsp3) is 0.529. The third-order valence-electron chi connectivity index (χ3n) is 8.08. The van der Waals surface area contributed by atoms with Gasteiger partial charge < -0.3 is 14.2 Å². The van der Waals surface area contributed by atoms with Crippen molar-refractivity contribution < 1.29 is 27.8 Å². The minimum Gasteiger partial charge on any atom is -0.497 e. The van der Waals surface area contributed by atoms with Crippen molar-refractivity contribution in [2.45, 2.75) is 89.0 Å². The number of ether oxygens (including phenoxy) is 3. The van der Waals surface area contributed by atoms with Crippen LogP contribution in [0.2, 0.25) is 0 Å². The molecule has 0 aliphatic carbocycles. The predicted molar refractivity (Wildman–Crippen MR) is 158 cm³/mol. The number of methoxy groups -OCH3 is 1. The SMILES string of the molecule is C=CCC/C=C\CCON1C(C)(C)CC(c2ccc(C3OCC(c4ccc(OC)cc4F)CO3)cc2F)CC1(C)C. The minimum atomic E-state index is -0.690. The quantitative estimate of drug-likeness (QED) is 0.201. The Labute approximate surface area is 244 Å². The zero-order valence-corrected chi connectivity index (χ0v) is 25.1. The summed E-state index contributed by atoms with van der Waals surface area (Å²) in [7, 11) is 1.50. The number of benzene rings is 2. The second-order valence-corrected chi connectivity index (χ2v) is 12.3. The Balaban J connectivity index is 1.37. The summed E-state index contributed by atoms with van der Waals surface area (Å²) in [6.07, 6.45) is 9.93. The Morgan fingerprint density at radius 2 is 1.49 bits per heavy atom. The van der Waals surface area contributed by atoms with Gasteiger partial charge in [-0.05, 0) is 89.0 Å². The molecule has 2 fully saturated rings. The molecule has 0 N–H and O–H groups in total. The van der Waals surface area contributed by atoms with Gasteiger partial charge in [0.25, 0.3) is 0 Å². The molecule has 41 heavy (non-hydrogen) atoms. The van der Waals surface area contributed by atoms with Gasteiger partial charge in [-0.3, -0.25) is 4.84 Å². The maximum absolute atomic E-state index is 15.6. The first-order valence-electron chi connectivity index (χ1n) is 14.6. The molecule has 0 aromatic heterocycles. The molecule has 0 saturated carbocycles. The summed E-state index contributed by atoms with van der Waals surface area (Å²) in [5.41, 5.74) is 1.30. The predicted octanol–water partition coefficient (Wildman–Crippen LogP) is 8.38. The lowest BCUT2D eigenvalue weighted by Crippen LogP contribution is -2.60. The van der Waals surface area contributed by atoms with Gasteiger partial charge in [0, 0.05) is 28.6 Å². The van der Waals surface area contributed by atoms with E-state index in [1.807, 2.05) is 18.2 Å². The maximum atomic E-state index is 15.6. The molecule has 2 aliphatic heterocycles. The molecule has 2 heterocycles. The van der Waals surface area contributed by atoms with Crippen molar-refractivity contribution in [3.63, 3.8) is 0 Å². The average molecular weight is 570 g/mol. The molecule has 0 radical (unpaired) electrons. The van der Waals surface area contributed by atoms with E-state index in [1.54, 1.807) is 12.1 Å². The Kier molecular flexibility index (Phi) is 10.4. The molecule has 0 spiro atoms. The largest absolute Gasteiger partial charge is 0.497 e. The van der Waals surface area contributed by atoms with Crippen LogP contribution in [0.5, 0.6) is 5.75 Å². The topological polar surface area (TPSA) is 40.2 Å². The third-order valence-corrected chi connectivity index (χ3v) is 8.08. The van der Waals surface area contributed by atoms with Gasteiger partial charge in [0.1, 0.15) is 17.4 Å². The number of hydrogen-bond acceptors (Lipinski definition) is 5. The van der Waals surface area contributed by atoms with Gasteiger partial charge in [-0.15, -0.1) is 6.58 Å². The van der Waals surface area contributed by atoms with Gasteiger partial charge in [0.2, 0.25) is 0 Å². The summed E-state index contributed by atoms with van der Waals surface area (Å²) in [6.45, 7) is 13.6. The van der Waals surface area contributed by atoms with Crippen molar-refractivity contribution in [2.24, 2.45) is 0 Å². The molecular formula is C34H45F2NO4. The van der Waals surface area contributed by atoms with Gasteiger partial charge in [0.15, 0.2) is 6.29 Å². The Morgan fingerprint density at radius 3 is 2.10 bits per heavy atom. The molecule has 2 aliphatic rings. The first-order valence-corrected chi connectivity index (χ1v) is 14.6. The standard InChI is InChI=1S/C34H45F2NO4/c1-7-8-9-10-11-12-17-41-37-33(2,3)20-25(21-34(37,4)5)28-15-13-24(18-30(28)35)32-39-22-26(23-40-32)29-16-14-27(38-6)19-31(29)36/h7,10-11,13-16,18-19,25-26,32H,1,8-9,12,17,20-23H2,2-6H3/b11-10-. The molecule has 0 bridgehead atoms. The monoisotopic (exact) mass is 569 g/mol. The molecular weight excluding hydrogens is 524 g/mol. The maximum Gasteiger partial charge on any atom is 0.183 e. The number of piperidine rings is 1. The van der Waals surface area contributed by atoms with E-state index in [0.29, 0.717) is 29.0 Å². The second-order valence-electron chi connectivity index (χ2n) is 12.3. The van der Waals surface area contributed by atoms with E-state index in [2.05, 4.69) is 51.5 Å². The van der Waals surface area contributed by atoms with Crippen LogP contribution in [0.25, 0.3) is 0 Å². The van der Waals surface area contributed by atoms with Crippen molar-refractivity contribution in [3.8, 4) is 5.75 Å². The van der Waals surface area contributed by atoms with Crippen LogP contribution in [-0.2, 0) is 14.3 Å². The smallest absolute Gasteiger partial charge is 0.183 e. The highest BCUT2D eigenvalue weighted by molar-refractivity contribution is 5.32. The molecule has 4 rings (SSSR count). The molecule has 2 saturated heterocycles. The van der Waals surface area contributed by atoms with Crippen molar-refractivity contribution >= 4 is 0 Å². The van der Waals surface area contributed by atoms with Crippen LogP contribution in [0.15, 0.2) is 61.2 Å². The van der Waals surface area contributed by atoms with Crippen LogP contribution < -0.4 is 4.74 Å². The zero-order valence-electron chi connectivity index (χ0n) is 25.1. The Hall–Kier alpha value is -2.58. The van der Waals surface area contributed by atoms with E-state index in [9.17, 15) is 4.39 Å². The lowest BCUT2D eigenvalue weighted by Gasteiger charge is -2.54. The zero-order chi connectivity index (χ0) is 29.6. The van der Waals surface area contributed by atoms with Crippen LogP contribution in [0.3, 0.4) is 0 Å². The number of unbranched alkanes of at least 4 members (excludes halogenated alkanes) is 1. The van der Waals surface area contributed by atoms with Crippen LogP contribution >= 0.6 is 0 Å². The van der Waals surface area contributed by atoms with E-state index in [-0.39, 0.29) is 47.8 Å². The van der Waals surface area contributed by atoms with E-state index in [0.717, 1.165) is 32.1 Å². The molecule has 224 valence electrons. The van der Waals surface area contributed by atoms with Crippen molar-refractivity contribution in [3.05, 3.63) is 89.5 Å². The van der Waals surface area contributed by atoms with E-state index in [1.165, 1.54) is 19.2 Å². The Bertz CT molecular complexity index is 1190. The fourth-order valence-corrected chi connectivity index (χ4v) is 6.36. The summed E-state index contributed by atoms with van der Waals surface area (Å²) < 4.78 is 47.0. The normalized spacial score (nSPS) is 23.1. The van der Waals surface area contributed by atoms with Gasteiger partial charge in [-0.25, -0.2) is 8.78 Å². The number of nitrogens with zero attached hydrogens (tertiary/aromatic N) is 1. The molecule has 5 nitrogen and oxygen atoms in total. The van der Waals surface area contributed by atoms with E-state index < -0.39 is 6.29 Å². The van der Waals surface area contributed by atoms with Crippen molar-refractivity contribution in [1.82, 2.24) is 5.06 Å². The minimum absolute atomic E-state index is 0.0447. The molecule has 7 heteroatoms. The highest BCUT2D eigenvalue weighted by Crippen LogP contribution is 2.46. The third kappa shape index (κ3) is 7.63. The number of rotatable bonds is 11. The van der Waals surface area contributed by atoms with E-state index in [4.69, 9.17) is 19.0 Å². The van der Waals surface area contributed by atoms with Crippen molar-refractivity contribution in [2.75, 3.05) is 26.9 Å². The van der Waals surface area contributed by atoms with Crippen molar-refractivity contribution in [1.29, 1.82) is 0 Å². The van der Waals surface area contributed by atoms with Gasteiger partial charge >= 0.3 is 0 Å². The fourth-order valence-electron chi connectivity index (χ4n) is 6.36. The van der Waals surface area contributed by atoms with Crippen LogP contribution in [0.4, 0.5) is 8.78 Å². The number of allylic oxidation sites excluding steroid dienone is 2. The lowest BCUT2D eigenvalue weighted by atomic mass is 9.72. The summed E-state index contributed by atoms with van der Waals surface area (Å²) in [4.78, 5) is 6.30. The molecule has 2 aromatic rings. The first kappa shape index (κ1) is 31.4. The second kappa shape index (κ2) is 13.6. The van der Waals surface area contributed by atoms with Crippen LogP contribution in [0, 0.1) is 11.6 Å². The van der Waals surface area contributed by atoms with Gasteiger partial charge in [-0.2, -0.15) is 5.06 Å². The highest BCUT2D eigenvalue weighted by Gasteiger charge is 2.47.